The van der Waals surface area contributed by atoms with Gasteiger partial charge >= 0.3 is 0 Å². The first-order valence-electron chi connectivity index (χ1n) is 22.6. The van der Waals surface area contributed by atoms with Crippen LogP contribution in [0.25, 0.3) is 0 Å². The van der Waals surface area contributed by atoms with Crippen molar-refractivity contribution in [3.63, 3.8) is 0 Å². The molecule has 60 heavy (non-hydrogen) atoms. The van der Waals surface area contributed by atoms with E-state index in [1.54, 1.807) is 44.3 Å². The van der Waals surface area contributed by atoms with Crippen LogP contribution < -0.4 is 0 Å². The smallest absolute Gasteiger partial charge is 0.0618 e. The molecule has 0 heterocycles. The molecule has 4 aliphatic rings. The van der Waals surface area contributed by atoms with Crippen LogP contribution in [0, 0.1) is 141 Å². The maximum Gasteiger partial charge on any atom is 0.0618 e. The van der Waals surface area contributed by atoms with Gasteiger partial charge < -0.3 is 0 Å². The third-order valence-corrected chi connectivity index (χ3v) is 29.1. The van der Waals surface area contributed by atoms with Gasteiger partial charge in [-0.15, -0.1) is 0 Å². The van der Waals surface area contributed by atoms with Crippen molar-refractivity contribution < 1.29 is 65.4 Å². The molecule has 0 aliphatic heterocycles. The minimum Gasteiger partial charge on any atom is -0.0691 e. The normalized spacial score (nSPS) is 23.4. The summed E-state index contributed by atoms with van der Waals surface area (Å²) in [6, 6.07) is 0. The maximum atomic E-state index is 2.61. The molecule has 0 N–H and O–H groups in total. The van der Waals surface area contributed by atoms with Crippen LogP contribution in [0.5, 0.6) is 0 Å². The molecule has 0 bridgehead atoms. The molecule has 0 atom stereocenters. The molecule has 0 spiro atoms. The Balaban J connectivity index is 0.000000581. The van der Waals surface area contributed by atoms with Gasteiger partial charge in [0.15, 0.2) is 0 Å². The van der Waals surface area contributed by atoms with E-state index in [0.29, 0.717) is 0 Å². The zero-order chi connectivity index (χ0) is 45.6. The topological polar surface area (TPSA) is 0 Å². The summed E-state index contributed by atoms with van der Waals surface area (Å²) in [4.78, 5) is 0. The van der Waals surface area contributed by atoms with Crippen LogP contribution in [-0.2, 0) is 65.4 Å². The average molecular weight is 1060 g/mol. The Morgan fingerprint density at radius 1 is 0.233 bits per heavy atom. The summed E-state index contributed by atoms with van der Waals surface area (Å²) in [5, 5.41) is 0. The van der Waals surface area contributed by atoms with E-state index in [9.17, 15) is 0 Å². The Morgan fingerprint density at radius 2 is 0.350 bits per heavy atom. The monoisotopic (exact) mass is 1060 g/mol. The Hall–Kier alpha value is 3.51. The van der Waals surface area contributed by atoms with Crippen LogP contribution in [0.2, 0.25) is 105 Å². The largest absolute Gasteiger partial charge is 0.0691 e. The van der Waals surface area contributed by atoms with Crippen molar-refractivity contribution in [2.45, 2.75) is 188 Å². The van der Waals surface area contributed by atoms with Gasteiger partial charge in [0.25, 0.3) is 0 Å². The first-order chi connectivity index (χ1) is 25.3. The summed E-state index contributed by atoms with van der Waals surface area (Å²) < 4.78 is 0. The molecule has 0 aromatic heterocycles. The summed E-state index contributed by atoms with van der Waals surface area (Å²) >= 11 is 0. The Bertz CT molecular complexity index is 1150. The van der Waals surface area contributed by atoms with Gasteiger partial charge in [0.2, 0.25) is 0 Å². The maximum absolute atomic E-state index is 2.61. The zero-order valence-corrected chi connectivity index (χ0v) is 56.5. The molecule has 0 aromatic carbocycles. The SMILES string of the molecule is CC(C)(C)[C]1[CH][C]([Si](C)(C)C)[C]([Si](C)(C)[C]2[CH][C](C(C)(C)C)[CH][C]2[Si](C)(C)C)[CH]1.CC(C)(C)[C]1[CH][C]([Si](C)(C)C)[C]([Si](C)(C)[C]2[CH][C](C(C)(C)C)[CH][C]2[Si](C)(C)C)[CH]1.[Y].[Y]. The molecule has 8 heteroatoms. The summed E-state index contributed by atoms with van der Waals surface area (Å²) in [6.45, 7) is 69.1. The molecule has 0 aromatic rings. The van der Waals surface area contributed by atoms with Crippen LogP contribution >= 0.6 is 0 Å². The van der Waals surface area contributed by atoms with Crippen molar-refractivity contribution in [1.29, 1.82) is 0 Å². The van der Waals surface area contributed by atoms with Gasteiger partial charge in [-0.25, -0.2) is 0 Å². The van der Waals surface area contributed by atoms with E-state index in [1.807, 2.05) is 0 Å². The first kappa shape index (κ1) is 61.5. The van der Waals surface area contributed by atoms with Crippen molar-refractivity contribution in [2.24, 2.45) is 21.7 Å². The van der Waals surface area contributed by atoms with Crippen LogP contribution in [-0.4, -0.2) is 48.4 Å². The van der Waals surface area contributed by atoms with Gasteiger partial charge in [-0.1, -0.05) is 188 Å². The molecule has 0 unspecified atom stereocenters. The van der Waals surface area contributed by atoms with Crippen LogP contribution in [0.3, 0.4) is 0 Å². The second-order valence-electron chi connectivity index (χ2n) is 27.5. The van der Waals surface area contributed by atoms with Gasteiger partial charge in [0, 0.05) is 65.4 Å². The Morgan fingerprint density at radius 3 is 0.450 bits per heavy atom. The predicted octanol–water partition coefficient (Wildman–Crippen LogP) is 15.8. The minimum atomic E-state index is -1.81. The average Bonchev–Trinajstić information content (AvgIpc) is 3.78. The van der Waals surface area contributed by atoms with Gasteiger partial charge in [0.05, 0.1) is 48.4 Å². The molecule has 4 fully saturated rings. The van der Waals surface area contributed by atoms with Crippen molar-refractivity contribution in [3.8, 4) is 0 Å². The van der Waals surface area contributed by atoms with E-state index in [4.69, 9.17) is 0 Å². The van der Waals surface area contributed by atoms with Crippen molar-refractivity contribution in [2.75, 3.05) is 0 Å². The summed E-state index contributed by atoms with van der Waals surface area (Å²) in [6.07, 6.45) is 20.8. The quantitative estimate of drug-likeness (QED) is 0.213. The number of rotatable bonds is 8. The van der Waals surface area contributed by atoms with Gasteiger partial charge in [-0.05, 0) is 141 Å². The van der Waals surface area contributed by atoms with E-state index in [0.717, 1.165) is 0 Å². The van der Waals surface area contributed by atoms with Crippen LogP contribution in [0.4, 0.5) is 0 Å². The summed E-state index contributed by atoms with van der Waals surface area (Å²) in [7, 11) is -9.32. The summed E-state index contributed by atoms with van der Waals surface area (Å²) in [5.74, 6) is 6.12. The number of hydrogen-bond donors (Lipinski definition) is 0. The van der Waals surface area contributed by atoms with Gasteiger partial charge in [0.1, 0.15) is 0 Å². The molecule has 0 amide bonds. The van der Waals surface area contributed by atoms with Crippen molar-refractivity contribution in [3.05, 3.63) is 119 Å². The molecule has 22 radical (unpaired) electrons. The third kappa shape index (κ3) is 14.8. The Kier molecular flexibility index (Phi) is 21.0. The van der Waals surface area contributed by atoms with E-state index in [1.165, 1.54) is 23.7 Å². The molecule has 0 nitrogen and oxygen atoms in total. The standard InChI is InChI=1S/2C26H46Si3.2Y/c2*1-25(2,3)19-15-21(27(7,8)9)23(17-19)29(13,14)24-18-20(26(4,5)6)16-22(24)28(10,11)12;;/h2*15-18H,1-14H3;;. The van der Waals surface area contributed by atoms with E-state index < -0.39 is 48.4 Å². The second kappa shape index (κ2) is 20.5. The molecule has 4 saturated carbocycles. The molecular formula is C52H92Si6Y2. The molecule has 4 rings (SSSR count). The molecule has 4 aliphatic carbocycles. The van der Waals surface area contributed by atoms with E-state index >= 15 is 0 Å². The van der Waals surface area contributed by atoms with Gasteiger partial charge in [-0.3, -0.25) is 0 Å². The van der Waals surface area contributed by atoms with Crippen LogP contribution in [0.1, 0.15) is 83.1 Å². The van der Waals surface area contributed by atoms with Gasteiger partial charge in [-0.2, -0.15) is 0 Å². The van der Waals surface area contributed by atoms with Crippen LogP contribution in [0.15, 0.2) is 0 Å². The second-order valence-corrected chi connectivity index (χ2v) is 56.3. The fraction of sp³-hybridized carbons (Fsp3) is 0.615. The minimum absolute atomic E-state index is 0. The number of hydrogen-bond acceptors (Lipinski definition) is 0. The van der Waals surface area contributed by atoms with E-state index in [-0.39, 0.29) is 87.1 Å². The predicted molar refractivity (Wildman–Crippen MR) is 279 cm³/mol. The fourth-order valence-electron chi connectivity index (χ4n) is 8.61. The van der Waals surface area contributed by atoms with Crippen molar-refractivity contribution >= 4 is 48.4 Å². The summed E-state index contributed by atoms with van der Waals surface area (Å²) in [5.41, 5.74) is 14.5. The third-order valence-electron chi connectivity index (χ3n) is 12.9. The molecule has 0 saturated heterocycles. The molecule has 330 valence electrons. The van der Waals surface area contributed by atoms with Crippen molar-refractivity contribution in [1.82, 2.24) is 0 Å². The first-order valence-corrected chi connectivity index (χ1v) is 42.6. The fourth-order valence-corrected chi connectivity index (χ4v) is 28.4. The molecular weight excluding hydrogens is 971 g/mol. The Labute approximate surface area is 437 Å². The van der Waals surface area contributed by atoms with E-state index in [2.05, 4.69) is 239 Å². The zero-order valence-electron chi connectivity index (χ0n) is 44.8.